The van der Waals surface area contributed by atoms with E-state index in [1.807, 2.05) is 12.2 Å². The number of hydrogen-bond acceptors (Lipinski definition) is 4. The lowest BCUT2D eigenvalue weighted by molar-refractivity contribution is -0.140. The molecule has 1 fully saturated rings. The van der Waals surface area contributed by atoms with Gasteiger partial charge >= 0.3 is 0 Å². The number of aliphatic hydroxyl groups excluding tert-OH is 1. The van der Waals surface area contributed by atoms with E-state index in [9.17, 15) is 14.4 Å². The third kappa shape index (κ3) is 5.41. The molecule has 0 radical (unpaired) electrons. The second kappa shape index (κ2) is 11.7. The summed E-state index contributed by atoms with van der Waals surface area (Å²) >= 11 is 6.25. The molecule has 0 bridgehead atoms. The van der Waals surface area contributed by atoms with E-state index < -0.39 is 23.8 Å². The number of amides is 3. The molecule has 3 N–H and O–H groups in total. The Bertz CT molecular complexity index is 890. The maximum atomic E-state index is 13.7. The number of para-hydroxylation sites is 1. The minimum absolute atomic E-state index is 0.0400. The predicted octanol–water partition coefficient (Wildman–Crippen LogP) is 3.23. The van der Waals surface area contributed by atoms with E-state index in [-0.39, 0.29) is 30.2 Å². The number of aliphatic hydroxyl groups is 1. The van der Waals surface area contributed by atoms with E-state index in [0.717, 1.165) is 19.3 Å². The highest BCUT2D eigenvalue weighted by Crippen LogP contribution is 2.45. The van der Waals surface area contributed by atoms with Crippen molar-refractivity contribution < 1.29 is 19.5 Å². The molecule has 0 spiro atoms. The van der Waals surface area contributed by atoms with Gasteiger partial charge in [-0.2, -0.15) is 0 Å². The van der Waals surface area contributed by atoms with E-state index in [1.165, 1.54) is 0 Å². The smallest absolute Gasteiger partial charge is 0.247 e. The molecule has 0 unspecified atom stereocenters. The summed E-state index contributed by atoms with van der Waals surface area (Å²) in [6.07, 6.45) is 7.75. The molecular formula is C25H34ClN3O4. The highest BCUT2D eigenvalue weighted by atomic mass is 35.5. The number of carbonyl (C=O) groups is 3. The molecule has 3 rings (SSSR count). The Morgan fingerprint density at radius 3 is 2.55 bits per heavy atom. The molecule has 1 aromatic carbocycles. The molecule has 8 heteroatoms. The van der Waals surface area contributed by atoms with Crippen molar-refractivity contribution in [3.05, 3.63) is 41.4 Å². The SMILES string of the molecule is CCC[C@@H]1C=C[C@H]2[C@@H](C(=O)N(CCCCCO)[C@@H]2C(=O)Nc2ccccc2Cl)[C@@H]1C(=O)NC. The minimum atomic E-state index is -0.723. The van der Waals surface area contributed by atoms with E-state index in [4.69, 9.17) is 16.7 Å². The van der Waals surface area contributed by atoms with Crippen LogP contribution in [0.4, 0.5) is 5.69 Å². The number of allylic oxidation sites excluding steroid dienone is 1. The van der Waals surface area contributed by atoms with Gasteiger partial charge in [0.25, 0.3) is 0 Å². The first-order valence-corrected chi connectivity index (χ1v) is 12.2. The van der Waals surface area contributed by atoms with Gasteiger partial charge in [-0.15, -0.1) is 0 Å². The van der Waals surface area contributed by atoms with Crippen LogP contribution in [-0.2, 0) is 14.4 Å². The topological polar surface area (TPSA) is 98.7 Å². The van der Waals surface area contributed by atoms with Gasteiger partial charge in [0.2, 0.25) is 17.7 Å². The fourth-order valence-electron chi connectivity index (χ4n) is 5.21. The molecule has 1 aliphatic carbocycles. The van der Waals surface area contributed by atoms with Crippen molar-refractivity contribution in [1.82, 2.24) is 10.2 Å². The second-order valence-electron chi connectivity index (χ2n) is 8.81. The lowest BCUT2D eigenvalue weighted by atomic mass is 9.68. The zero-order chi connectivity index (χ0) is 24.0. The Balaban J connectivity index is 1.94. The summed E-state index contributed by atoms with van der Waals surface area (Å²) in [5.74, 6) is -2.13. The largest absolute Gasteiger partial charge is 0.396 e. The van der Waals surface area contributed by atoms with Crippen molar-refractivity contribution in [1.29, 1.82) is 0 Å². The van der Waals surface area contributed by atoms with Crippen molar-refractivity contribution >= 4 is 35.0 Å². The van der Waals surface area contributed by atoms with Crippen LogP contribution in [0.1, 0.15) is 39.0 Å². The highest BCUT2D eigenvalue weighted by molar-refractivity contribution is 6.33. The number of rotatable bonds is 10. The molecular weight excluding hydrogens is 442 g/mol. The maximum absolute atomic E-state index is 13.7. The van der Waals surface area contributed by atoms with Crippen molar-refractivity contribution in [3.8, 4) is 0 Å². The Hall–Kier alpha value is -2.38. The first-order valence-electron chi connectivity index (χ1n) is 11.8. The lowest BCUT2D eigenvalue weighted by Crippen LogP contribution is -2.45. The van der Waals surface area contributed by atoms with Crippen LogP contribution in [0.15, 0.2) is 36.4 Å². The van der Waals surface area contributed by atoms with Gasteiger partial charge in [0, 0.05) is 26.1 Å². The standard InChI is InChI=1S/C25H34ClN3O4/c1-3-9-16-12-13-17-21(20(16)23(31)27-2)25(33)29(14-7-4-8-15-30)22(17)24(32)28-19-11-6-5-10-18(19)26/h5-6,10-13,16-17,20-22,30H,3-4,7-9,14-15H2,1-2H3,(H,27,31)(H,28,32)/t16-,17+,20-,21-,22+/m1/s1. The number of unbranched alkanes of at least 4 members (excludes halogenated alkanes) is 2. The number of anilines is 1. The fourth-order valence-corrected chi connectivity index (χ4v) is 5.39. The Morgan fingerprint density at radius 1 is 1.12 bits per heavy atom. The number of fused-ring (bicyclic) bond motifs is 1. The van der Waals surface area contributed by atoms with Gasteiger partial charge in [0.05, 0.1) is 22.5 Å². The van der Waals surface area contributed by atoms with Gasteiger partial charge in [-0.05, 0) is 43.7 Å². The van der Waals surface area contributed by atoms with Crippen LogP contribution in [0.3, 0.4) is 0 Å². The Labute approximate surface area is 200 Å². The van der Waals surface area contributed by atoms with Crippen molar-refractivity contribution in [2.45, 2.75) is 45.1 Å². The summed E-state index contributed by atoms with van der Waals surface area (Å²) in [4.78, 5) is 41.7. The van der Waals surface area contributed by atoms with Crippen LogP contribution >= 0.6 is 11.6 Å². The van der Waals surface area contributed by atoms with Crippen LogP contribution in [0.2, 0.25) is 5.02 Å². The van der Waals surface area contributed by atoms with Crippen LogP contribution in [0.25, 0.3) is 0 Å². The monoisotopic (exact) mass is 475 g/mol. The normalized spacial score (nSPS) is 26.2. The van der Waals surface area contributed by atoms with Crippen LogP contribution in [-0.4, -0.2) is 54.0 Å². The Kier molecular flexibility index (Phi) is 8.92. The summed E-state index contributed by atoms with van der Waals surface area (Å²) in [7, 11) is 1.59. The number of halogens is 1. The number of benzene rings is 1. The highest BCUT2D eigenvalue weighted by Gasteiger charge is 2.56. The average molecular weight is 476 g/mol. The zero-order valence-corrected chi connectivity index (χ0v) is 20.1. The minimum Gasteiger partial charge on any atom is -0.396 e. The first kappa shape index (κ1) is 25.2. The van der Waals surface area contributed by atoms with Gasteiger partial charge in [-0.25, -0.2) is 0 Å². The predicted molar refractivity (Wildman–Crippen MR) is 129 cm³/mol. The Morgan fingerprint density at radius 2 is 1.88 bits per heavy atom. The molecule has 1 aromatic rings. The van der Waals surface area contributed by atoms with Crippen molar-refractivity contribution in [2.75, 3.05) is 25.5 Å². The fraction of sp³-hybridized carbons (Fsp3) is 0.560. The molecule has 3 amide bonds. The van der Waals surface area contributed by atoms with E-state index in [0.29, 0.717) is 30.1 Å². The third-order valence-corrected chi connectivity index (χ3v) is 7.07. The van der Waals surface area contributed by atoms with Gasteiger partial charge in [-0.3, -0.25) is 14.4 Å². The molecule has 1 heterocycles. The van der Waals surface area contributed by atoms with Crippen LogP contribution < -0.4 is 10.6 Å². The lowest BCUT2D eigenvalue weighted by Gasteiger charge is -2.34. The number of likely N-dealkylation sites (tertiary alicyclic amines) is 1. The molecule has 33 heavy (non-hydrogen) atoms. The van der Waals surface area contributed by atoms with Crippen LogP contribution in [0.5, 0.6) is 0 Å². The van der Waals surface area contributed by atoms with E-state index in [2.05, 4.69) is 17.6 Å². The molecule has 0 aromatic heterocycles. The summed E-state index contributed by atoms with van der Waals surface area (Å²) in [6, 6.07) is 6.27. The van der Waals surface area contributed by atoms with Gasteiger partial charge in [-0.1, -0.05) is 49.2 Å². The van der Waals surface area contributed by atoms with Gasteiger partial charge in [0.1, 0.15) is 6.04 Å². The van der Waals surface area contributed by atoms with Crippen LogP contribution in [0, 0.1) is 23.7 Å². The number of hydrogen-bond donors (Lipinski definition) is 3. The number of nitrogens with zero attached hydrogens (tertiary/aromatic N) is 1. The van der Waals surface area contributed by atoms with Crippen molar-refractivity contribution in [3.63, 3.8) is 0 Å². The first-order chi connectivity index (χ1) is 15.9. The maximum Gasteiger partial charge on any atom is 0.247 e. The number of carbonyl (C=O) groups excluding carboxylic acids is 3. The molecule has 1 aliphatic heterocycles. The van der Waals surface area contributed by atoms with E-state index >= 15 is 0 Å². The second-order valence-corrected chi connectivity index (χ2v) is 9.22. The van der Waals surface area contributed by atoms with E-state index in [1.54, 1.807) is 36.2 Å². The molecule has 7 nitrogen and oxygen atoms in total. The third-order valence-electron chi connectivity index (χ3n) is 6.74. The van der Waals surface area contributed by atoms with Crippen molar-refractivity contribution in [2.24, 2.45) is 23.7 Å². The van der Waals surface area contributed by atoms with Gasteiger partial charge in [0.15, 0.2) is 0 Å². The number of nitrogens with one attached hydrogen (secondary N) is 2. The summed E-state index contributed by atoms with van der Waals surface area (Å²) < 4.78 is 0. The summed E-state index contributed by atoms with van der Waals surface area (Å²) in [5, 5.41) is 15.1. The molecule has 2 aliphatic rings. The molecule has 0 saturated carbocycles. The summed E-state index contributed by atoms with van der Waals surface area (Å²) in [6.45, 7) is 2.56. The summed E-state index contributed by atoms with van der Waals surface area (Å²) in [5.41, 5.74) is 0.492. The quantitative estimate of drug-likeness (QED) is 0.357. The molecule has 1 saturated heterocycles. The molecule has 5 atom stereocenters. The molecule has 180 valence electrons. The van der Waals surface area contributed by atoms with Gasteiger partial charge < -0.3 is 20.6 Å². The zero-order valence-electron chi connectivity index (χ0n) is 19.3. The average Bonchev–Trinajstić information content (AvgIpc) is 3.09.